The highest BCUT2D eigenvalue weighted by Crippen LogP contribution is 2.43. The quantitative estimate of drug-likeness (QED) is 0.473. The molecule has 164 valence electrons. The van der Waals surface area contributed by atoms with Gasteiger partial charge in [0.15, 0.2) is 0 Å². The van der Waals surface area contributed by atoms with Crippen molar-refractivity contribution in [2.24, 2.45) is 34.2 Å². The van der Waals surface area contributed by atoms with Gasteiger partial charge in [0.25, 0.3) is 0 Å². The molecule has 0 aromatic rings. The predicted molar refractivity (Wildman–Crippen MR) is 124 cm³/mol. The molecule has 5 aliphatic rings. The smallest absolute Gasteiger partial charge is 0.0989 e. The first-order valence-corrected chi connectivity index (χ1v) is 12.3. The zero-order chi connectivity index (χ0) is 20.7. The molecular formula is C24H36ClN5. The topological polar surface area (TPSA) is 79.7 Å². The zero-order valence-corrected chi connectivity index (χ0v) is 18.6. The maximum absolute atomic E-state index is 6.67. The minimum Gasteiger partial charge on any atom is -0.387 e. The molecule has 0 spiro atoms. The van der Waals surface area contributed by atoms with E-state index in [0.717, 1.165) is 49.6 Å². The maximum Gasteiger partial charge on any atom is 0.0989 e. The number of nitrogens with two attached hydrogens (primary N) is 2. The van der Waals surface area contributed by atoms with Crippen LogP contribution in [0.25, 0.3) is 0 Å². The van der Waals surface area contributed by atoms with Gasteiger partial charge in [0.05, 0.1) is 17.2 Å². The molecule has 0 saturated heterocycles. The highest BCUT2D eigenvalue weighted by molar-refractivity contribution is 6.29. The van der Waals surface area contributed by atoms with Gasteiger partial charge in [0.1, 0.15) is 0 Å². The Bertz CT molecular complexity index is 768. The lowest BCUT2D eigenvalue weighted by Crippen LogP contribution is -2.61. The van der Waals surface area contributed by atoms with E-state index in [1.54, 1.807) is 0 Å². The fourth-order valence-corrected chi connectivity index (χ4v) is 6.51. The Labute approximate surface area is 185 Å². The van der Waals surface area contributed by atoms with Crippen LogP contribution in [0.2, 0.25) is 0 Å². The molecule has 0 amide bonds. The number of nitrogens with one attached hydrogen (secondary N) is 1. The number of fused-ring (bicyclic) bond motifs is 1. The Balaban J connectivity index is 1.46. The summed E-state index contributed by atoms with van der Waals surface area (Å²) in [4.78, 5) is 7.30. The first kappa shape index (κ1) is 20.6. The molecule has 5 rings (SSSR count). The van der Waals surface area contributed by atoms with E-state index >= 15 is 0 Å². The van der Waals surface area contributed by atoms with Crippen molar-refractivity contribution in [1.29, 1.82) is 0 Å². The van der Waals surface area contributed by atoms with E-state index in [9.17, 15) is 0 Å². The summed E-state index contributed by atoms with van der Waals surface area (Å²) >= 11 is 6.49. The van der Waals surface area contributed by atoms with Crippen molar-refractivity contribution in [2.45, 2.75) is 81.6 Å². The van der Waals surface area contributed by atoms with Gasteiger partial charge >= 0.3 is 0 Å². The van der Waals surface area contributed by atoms with E-state index in [1.807, 2.05) is 0 Å². The lowest BCUT2D eigenvalue weighted by Gasteiger charge is -2.50. The molecule has 0 bridgehead atoms. The molecule has 0 unspecified atom stereocenters. The molecule has 0 aromatic carbocycles. The van der Waals surface area contributed by atoms with Crippen LogP contribution in [0.4, 0.5) is 0 Å². The fraction of sp³-hybridized carbons (Fsp3) is 0.708. The minimum absolute atomic E-state index is 0.0394. The van der Waals surface area contributed by atoms with Gasteiger partial charge in [-0.15, -0.1) is 0 Å². The molecule has 3 heterocycles. The third-order valence-electron chi connectivity index (χ3n) is 8.27. The summed E-state index contributed by atoms with van der Waals surface area (Å²) in [7, 11) is 0. The van der Waals surface area contributed by atoms with Crippen LogP contribution in [-0.4, -0.2) is 41.1 Å². The zero-order valence-electron chi connectivity index (χ0n) is 17.8. The summed E-state index contributed by atoms with van der Waals surface area (Å²) < 4.78 is 0. The van der Waals surface area contributed by atoms with Crippen LogP contribution >= 0.6 is 11.6 Å². The second-order valence-electron chi connectivity index (χ2n) is 10.0. The van der Waals surface area contributed by atoms with E-state index in [4.69, 9.17) is 23.1 Å². The van der Waals surface area contributed by atoms with Crippen LogP contribution < -0.4 is 16.8 Å². The van der Waals surface area contributed by atoms with E-state index < -0.39 is 0 Å². The molecule has 3 aliphatic heterocycles. The Morgan fingerprint density at radius 3 is 2.67 bits per heavy atom. The molecule has 1 saturated carbocycles. The van der Waals surface area contributed by atoms with Crippen molar-refractivity contribution in [3.8, 4) is 0 Å². The SMILES string of the molecule is NC1=NCCC[C@H]1[C@@H]1C=CC[C@@H]2CC=C(Cl)N[C@@H]2N1[C@@H]1C=C[C@H](C2(N)CCC2)CC1. The predicted octanol–water partition coefficient (Wildman–Crippen LogP) is 3.62. The standard InChI is InChI=1S/C24H36ClN5/c25-21-12-7-16-4-1-6-20(19-5-2-15-28-22(19)26)30(23(16)29-21)18-10-8-17(9-11-18)24(27)13-3-14-24/h1,6,8,10,12,16-20,23,29H,2-5,7,9,11,13-15,27H2,(H2,26,28)/t16-,17+,18-,19+,20+,23-/m1/s1. The molecular weight excluding hydrogens is 394 g/mol. The van der Waals surface area contributed by atoms with E-state index in [-0.39, 0.29) is 23.7 Å². The highest BCUT2D eigenvalue weighted by atomic mass is 35.5. The average Bonchev–Trinajstić information content (AvgIpc) is 2.91. The minimum atomic E-state index is 0.0394. The number of hydrogen-bond donors (Lipinski definition) is 3. The van der Waals surface area contributed by atoms with Crippen LogP contribution in [0.3, 0.4) is 0 Å². The largest absolute Gasteiger partial charge is 0.387 e. The van der Waals surface area contributed by atoms with Crippen molar-refractivity contribution in [3.63, 3.8) is 0 Å². The summed E-state index contributed by atoms with van der Waals surface area (Å²) in [5, 5.41) is 4.40. The number of allylic oxidation sites excluding steroid dienone is 2. The van der Waals surface area contributed by atoms with Crippen molar-refractivity contribution in [3.05, 3.63) is 35.5 Å². The summed E-state index contributed by atoms with van der Waals surface area (Å²) in [6, 6.07) is 0.621. The molecule has 2 aliphatic carbocycles. The van der Waals surface area contributed by atoms with Gasteiger partial charge in [-0.3, -0.25) is 9.89 Å². The van der Waals surface area contributed by atoms with E-state index in [1.165, 1.54) is 25.7 Å². The van der Waals surface area contributed by atoms with Crippen LogP contribution in [-0.2, 0) is 0 Å². The number of nitrogens with zero attached hydrogens (tertiary/aromatic N) is 2. The average molecular weight is 430 g/mol. The fourth-order valence-electron chi connectivity index (χ4n) is 6.31. The maximum atomic E-state index is 6.67. The number of aliphatic imine (C=N–C) groups is 1. The second-order valence-corrected chi connectivity index (χ2v) is 10.4. The lowest BCUT2D eigenvalue weighted by molar-refractivity contribution is 0.0411. The summed E-state index contributed by atoms with van der Waals surface area (Å²) in [5.74, 6) is 2.14. The van der Waals surface area contributed by atoms with E-state index in [0.29, 0.717) is 17.9 Å². The van der Waals surface area contributed by atoms with Gasteiger partial charge < -0.3 is 16.8 Å². The summed E-state index contributed by atoms with van der Waals surface area (Å²) in [6.07, 6.45) is 22.2. The second kappa shape index (κ2) is 8.33. The Hall–Kier alpha value is -1.30. The number of halogens is 1. The molecule has 30 heavy (non-hydrogen) atoms. The summed E-state index contributed by atoms with van der Waals surface area (Å²) in [5.41, 5.74) is 13.2. The molecule has 6 atom stereocenters. The Kier molecular flexibility index (Phi) is 5.72. The van der Waals surface area contributed by atoms with Gasteiger partial charge in [-0.05, 0) is 75.7 Å². The lowest BCUT2D eigenvalue weighted by atomic mass is 9.66. The van der Waals surface area contributed by atoms with Gasteiger partial charge in [0, 0.05) is 30.1 Å². The molecule has 5 N–H and O–H groups in total. The van der Waals surface area contributed by atoms with Crippen molar-refractivity contribution >= 4 is 17.4 Å². The Morgan fingerprint density at radius 1 is 1.10 bits per heavy atom. The van der Waals surface area contributed by atoms with Crippen LogP contribution in [0.15, 0.2) is 40.5 Å². The first-order chi connectivity index (χ1) is 14.5. The third-order valence-corrected chi connectivity index (χ3v) is 8.54. The molecule has 6 heteroatoms. The van der Waals surface area contributed by atoms with Crippen LogP contribution in [0.1, 0.15) is 57.8 Å². The summed E-state index contributed by atoms with van der Waals surface area (Å²) in [6.45, 7) is 0.862. The number of amidine groups is 1. The first-order valence-electron chi connectivity index (χ1n) is 11.9. The van der Waals surface area contributed by atoms with Crippen LogP contribution in [0, 0.1) is 17.8 Å². The Morgan fingerprint density at radius 2 is 1.97 bits per heavy atom. The monoisotopic (exact) mass is 429 g/mol. The molecule has 1 fully saturated rings. The normalized spacial score (nSPS) is 41.0. The number of hydrogen-bond acceptors (Lipinski definition) is 5. The van der Waals surface area contributed by atoms with Gasteiger partial charge in [-0.25, -0.2) is 0 Å². The van der Waals surface area contributed by atoms with Crippen molar-refractivity contribution in [1.82, 2.24) is 10.2 Å². The van der Waals surface area contributed by atoms with E-state index in [2.05, 4.69) is 45.6 Å². The molecule has 5 nitrogen and oxygen atoms in total. The van der Waals surface area contributed by atoms with Crippen molar-refractivity contribution < 1.29 is 0 Å². The van der Waals surface area contributed by atoms with Gasteiger partial charge in [-0.2, -0.15) is 0 Å². The van der Waals surface area contributed by atoms with Gasteiger partial charge in [0.2, 0.25) is 0 Å². The van der Waals surface area contributed by atoms with Gasteiger partial charge in [-0.1, -0.05) is 35.9 Å². The molecule has 0 aromatic heterocycles. The van der Waals surface area contributed by atoms with Crippen LogP contribution in [0.5, 0.6) is 0 Å². The van der Waals surface area contributed by atoms with Crippen molar-refractivity contribution in [2.75, 3.05) is 6.54 Å². The third kappa shape index (κ3) is 3.74. The highest BCUT2D eigenvalue weighted by Gasteiger charge is 2.45. The number of rotatable bonds is 3. The molecule has 0 radical (unpaired) electrons.